The van der Waals surface area contributed by atoms with Gasteiger partial charge in [-0.15, -0.1) is 0 Å². The molecule has 140 valence electrons. The largest absolute Gasteiger partial charge is 0.494 e. The molecule has 1 aliphatic rings. The molecule has 0 aromatic heterocycles. The number of rotatable bonds is 8. The van der Waals surface area contributed by atoms with Crippen molar-refractivity contribution in [2.24, 2.45) is 0 Å². The van der Waals surface area contributed by atoms with Crippen LogP contribution >= 0.6 is 0 Å². The van der Waals surface area contributed by atoms with Crippen molar-refractivity contribution >= 4 is 15.9 Å². The number of ether oxygens (including phenoxy) is 2. The Labute approximate surface area is 149 Å². The van der Waals surface area contributed by atoms with Crippen LogP contribution in [0.1, 0.15) is 20.3 Å². The third kappa shape index (κ3) is 5.81. The molecular formula is C17H26N2O5S. The molecule has 2 rings (SSSR count). The Balaban J connectivity index is 1.73. The van der Waals surface area contributed by atoms with E-state index in [0.717, 1.165) is 5.75 Å². The molecule has 1 aliphatic heterocycles. The molecule has 0 radical (unpaired) electrons. The zero-order chi connectivity index (χ0) is 18.3. The van der Waals surface area contributed by atoms with Crippen LogP contribution < -0.4 is 14.8 Å². The molecule has 1 fully saturated rings. The van der Waals surface area contributed by atoms with E-state index >= 15 is 0 Å². The van der Waals surface area contributed by atoms with Gasteiger partial charge in [-0.2, -0.15) is 0 Å². The number of sulfone groups is 1. The first-order valence-corrected chi connectivity index (χ1v) is 10.4. The molecule has 1 heterocycles. The summed E-state index contributed by atoms with van der Waals surface area (Å²) in [5.41, 5.74) is 0. The number of benzene rings is 1. The van der Waals surface area contributed by atoms with Crippen LogP contribution in [0.2, 0.25) is 0 Å². The normalized spacial score (nSPS) is 18.6. The third-order valence-electron chi connectivity index (χ3n) is 4.03. The molecule has 7 nitrogen and oxygen atoms in total. The maximum Gasteiger partial charge on any atom is 0.317 e. The first-order chi connectivity index (χ1) is 11.9. The number of nitrogens with zero attached hydrogens (tertiary/aromatic N) is 1. The average Bonchev–Trinajstić information content (AvgIpc) is 2.94. The summed E-state index contributed by atoms with van der Waals surface area (Å²) in [7, 11) is -3.01. The van der Waals surface area contributed by atoms with Gasteiger partial charge in [0.1, 0.15) is 18.1 Å². The molecule has 1 aromatic rings. The quantitative estimate of drug-likeness (QED) is 0.704. The summed E-state index contributed by atoms with van der Waals surface area (Å²) in [6, 6.07) is 6.80. The first-order valence-electron chi connectivity index (χ1n) is 8.55. The lowest BCUT2D eigenvalue weighted by Gasteiger charge is -2.27. The Kier molecular flexibility index (Phi) is 6.92. The monoisotopic (exact) mass is 370 g/mol. The highest BCUT2D eigenvalue weighted by Gasteiger charge is 2.33. The standard InChI is InChI=1S/C17H26N2O5S/c1-3-19(14-9-12-25(21,22)13-14)17(20)18-10-11-24-16-7-5-15(6-8-16)23-4-2/h5-8,14H,3-4,9-13H2,1-2H3,(H,18,20). The molecule has 1 unspecified atom stereocenters. The molecule has 0 saturated carbocycles. The summed E-state index contributed by atoms with van der Waals surface area (Å²) in [6.45, 7) is 5.55. The summed E-state index contributed by atoms with van der Waals surface area (Å²) >= 11 is 0. The molecule has 1 aromatic carbocycles. The average molecular weight is 370 g/mol. The van der Waals surface area contributed by atoms with E-state index < -0.39 is 9.84 Å². The summed E-state index contributed by atoms with van der Waals surface area (Å²) in [4.78, 5) is 13.8. The second kappa shape index (κ2) is 8.94. The number of amides is 2. The van der Waals surface area contributed by atoms with Crippen LogP contribution in [0.4, 0.5) is 4.79 Å². The highest BCUT2D eigenvalue weighted by molar-refractivity contribution is 7.91. The van der Waals surface area contributed by atoms with Crippen molar-refractivity contribution in [2.75, 3.05) is 37.8 Å². The van der Waals surface area contributed by atoms with Gasteiger partial charge in [-0.1, -0.05) is 0 Å². The molecule has 25 heavy (non-hydrogen) atoms. The molecule has 0 aliphatic carbocycles. The van der Waals surface area contributed by atoms with Gasteiger partial charge in [0.25, 0.3) is 0 Å². The van der Waals surface area contributed by atoms with Gasteiger partial charge >= 0.3 is 6.03 Å². The van der Waals surface area contributed by atoms with Gasteiger partial charge in [0.2, 0.25) is 0 Å². The Bertz CT molecular complexity index is 660. The van der Waals surface area contributed by atoms with Crippen molar-refractivity contribution in [1.29, 1.82) is 0 Å². The Morgan fingerprint density at radius 2 is 1.84 bits per heavy atom. The van der Waals surface area contributed by atoms with Gasteiger partial charge in [0.15, 0.2) is 9.84 Å². The van der Waals surface area contributed by atoms with Crippen LogP contribution in [0.15, 0.2) is 24.3 Å². The van der Waals surface area contributed by atoms with Crippen molar-refractivity contribution in [1.82, 2.24) is 10.2 Å². The van der Waals surface area contributed by atoms with Crippen LogP contribution in [0.3, 0.4) is 0 Å². The summed E-state index contributed by atoms with van der Waals surface area (Å²) in [5.74, 6) is 1.69. The van der Waals surface area contributed by atoms with Crippen molar-refractivity contribution < 1.29 is 22.7 Å². The van der Waals surface area contributed by atoms with Gasteiger partial charge in [-0.25, -0.2) is 13.2 Å². The predicted octanol–water partition coefficient (Wildman–Crippen LogP) is 1.68. The smallest absolute Gasteiger partial charge is 0.317 e. The fraction of sp³-hybridized carbons (Fsp3) is 0.588. The maximum atomic E-state index is 12.2. The van der Waals surface area contributed by atoms with Crippen molar-refractivity contribution in [3.63, 3.8) is 0 Å². The molecule has 2 amide bonds. The second-order valence-corrected chi connectivity index (χ2v) is 8.06. The van der Waals surface area contributed by atoms with Crippen LogP contribution in [0.5, 0.6) is 11.5 Å². The number of hydrogen-bond acceptors (Lipinski definition) is 5. The van der Waals surface area contributed by atoms with Crippen LogP contribution in [-0.2, 0) is 9.84 Å². The van der Waals surface area contributed by atoms with E-state index in [9.17, 15) is 13.2 Å². The summed E-state index contributed by atoms with van der Waals surface area (Å²) in [6.07, 6.45) is 0.506. The van der Waals surface area contributed by atoms with E-state index in [-0.39, 0.29) is 23.6 Å². The summed E-state index contributed by atoms with van der Waals surface area (Å²) in [5, 5.41) is 2.78. The Hall–Kier alpha value is -1.96. The lowest BCUT2D eigenvalue weighted by Crippen LogP contribution is -2.47. The number of carbonyl (C=O) groups is 1. The molecule has 0 bridgehead atoms. The Morgan fingerprint density at radius 1 is 1.20 bits per heavy atom. The Morgan fingerprint density at radius 3 is 2.36 bits per heavy atom. The van der Waals surface area contributed by atoms with Crippen LogP contribution in [0.25, 0.3) is 0 Å². The molecular weight excluding hydrogens is 344 g/mol. The maximum absolute atomic E-state index is 12.2. The molecule has 0 spiro atoms. The lowest BCUT2D eigenvalue weighted by atomic mass is 10.2. The summed E-state index contributed by atoms with van der Waals surface area (Å²) < 4.78 is 34.1. The molecule has 8 heteroatoms. The van der Waals surface area contributed by atoms with E-state index in [1.54, 1.807) is 4.90 Å². The minimum absolute atomic E-state index is 0.0525. The number of urea groups is 1. The predicted molar refractivity (Wildman–Crippen MR) is 95.9 cm³/mol. The van der Waals surface area contributed by atoms with Gasteiger partial charge in [-0.05, 0) is 44.5 Å². The van der Waals surface area contributed by atoms with Gasteiger partial charge in [0, 0.05) is 12.6 Å². The number of hydrogen-bond donors (Lipinski definition) is 1. The van der Waals surface area contributed by atoms with E-state index in [4.69, 9.17) is 9.47 Å². The van der Waals surface area contributed by atoms with Crippen molar-refractivity contribution in [3.8, 4) is 11.5 Å². The van der Waals surface area contributed by atoms with Crippen molar-refractivity contribution in [2.45, 2.75) is 26.3 Å². The van der Waals surface area contributed by atoms with Gasteiger partial charge in [-0.3, -0.25) is 0 Å². The van der Waals surface area contributed by atoms with E-state index in [2.05, 4.69) is 5.32 Å². The second-order valence-electron chi connectivity index (χ2n) is 5.83. The zero-order valence-electron chi connectivity index (χ0n) is 14.7. The fourth-order valence-corrected chi connectivity index (χ4v) is 4.55. The third-order valence-corrected chi connectivity index (χ3v) is 5.78. The SMILES string of the molecule is CCOc1ccc(OCCNC(=O)N(CC)C2CCS(=O)(=O)C2)cc1. The molecule has 1 saturated heterocycles. The minimum Gasteiger partial charge on any atom is -0.494 e. The van der Waals surface area contributed by atoms with Gasteiger partial charge in [0.05, 0.1) is 24.7 Å². The van der Waals surface area contributed by atoms with Gasteiger partial charge < -0.3 is 19.7 Å². The first kappa shape index (κ1) is 19.4. The number of nitrogens with one attached hydrogen (secondary N) is 1. The van der Waals surface area contributed by atoms with E-state index in [1.165, 1.54) is 0 Å². The molecule has 1 N–H and O–H groups in total. The fourth-order valence-electron chi connectivity index (χ4n) is 2.82. The highest BCUT2D eigenvalue weighted by atomic mass is 32.2. The van der Waals surface area contributed by atoms with Crippen LogP contribution in [0, 0.1) is 0 Å². The molecule has 1 atom stereocenters. The van der Waals surface area contributed by atoms with Crippen molar-refractivity contribution in [3.05, 3.63) is 24.3 Å². The van der Waals surface area contributed by atoms with E-state index in [1.807, 2.05) is 38.1 Å². The van der Waals surface area contributed by atoms with Crippen LogP contribution in [-0.4, -0.2) is 63.2 Å². The highest BCUT2D eigenvalue weighted by Crippen LogP contribution is 2.18. The number of carbonyl (C=O) groups excluding carboxylic acids is 1. The van der Waals surface area contributed by atoms with E-state index in [0.29, 0.717) is 38.5 Å². The minimum atomic E-state index is -3.01. The topological polar surface area (TPSA) is 84.9 Å². The lowest BCUT2D eigenvalue weighted by molar-refractivity contribution is 0.181. The zero-order valence-corrected chi connectivity index (χ0v) is 15.5.